The first kappa shape index (κ1) is 32.8. The van der Waals surface area contributed by atoms with Gasteiger partial charge in [-0.15, -0.1) is 0 Å². The maximum absolute atomic E-state index is 11.3. The maximum Gasteiger partial charge on any atom is 0.305 e. The third kappa shape index (κ3) is 11.2. The number of carbonyl (C=O) groups excluding carboxylic acids is 1. The van der Waals surface area contributed by atoms with Gasteiger partial charge in [0.25, 0.3) is 0 Å². The van der Waals surface area contributed by atoms with Crippen LogP contribution in [0, 0.1) is 20.8 Å². The van der Waals surface area contributed by atoms with Crippen molar-refractivity contribution < 1.29 is 29.5 Å². The molecule has 2 aliphatic rings. The normalized spacial score (nSPS) is 17.0. The van der Waals surface area contributed by atoms with E-state index in [4.69, 9.17) is 24.7 Å². The molecule has 12 heteroatoms. The lowest BCUT2D eigenvalue weighted by molar-refractivity contribution is -0.147. The van der Waals surface area contributed by atoms with E-state index in [1.54, 1.807) is 24.7 Å². The highest BCUT2D eigenvalue weighted by Crippen LogP contribution is 2.16. The number of hydrogen-bond acceptors (Lipinski definition) is 12. The first-order valence-corrected chi connectivity index (χ1v) is 14.0. The Morgan fingerprint density at radius 2 is 1.42 bits per heavy atom. The predicted octanol–water partition coefficient (Wildman–Crippen LogP) is 4.30. The third-order valence-corrected chi connectivity index (χ3v) is 6.09. The number of aryl methyl sites for hydroxylation is 3. The highest BCUT2D eigenvalue weighted by atomic mass is 16.7. The molecule has 5 heterocycles. The van der Waals surface area contributed by atoms with Gasteiger partial charge in [-0.2, -0.15) is 0 Å². The number of pyridine rings is 3. The Labute approximate surface area is 251 Å². The van der Waals surface area contributed by atoms with Crippen LogP contribution in [0.3, 0.4) is 0 Å². The van der Waals surface area contributed by atoms with Gasteiger partial charge in [0, 0.05) is 37.9 Å². The number of esters is 1. The fraction of sp³-hybridized carbons (Fsp3) is 0.387. The summed E-state index contributed by atoms with van der Waals surface area (Å²) in [4.78, 5) is 34.0. The molecule has 3 aromatic heterocycles. The Balaban J connectivity index is 0.000000186. The van der Waals surface area contributed by atoms with Gasteiger partial charge in [-0.3, -0.25) is 19.7 Å². The molecule has 0 fully saturated rings. The van der Waals surface area contributed by atoms with Crippen molar-refractivity contribution in [1.29, 1.82) is 0 Å². The van der Waals surface area contributed by atoms with E-state index in [9.17, 15) is 4.79 Å². The standard InChI is InChI=1S/C14H18N2O3.C10H12N2O2.C7H8N2O/c1-3-4-14(17)18-9-11-7-13(16-19-11)12-6-5-10(2)8-15-12;1-7-2-3-9(11-5-7)10-4-8(6-13)14-12-10;1-6-2-3-7(5-9-10)8-4-6/h5-6,8,11H,3-4,7,9H2,1-2H3;2-3,5,8,13H,4,6H2,1H3;2-5,10H,1H3/b;;9-5+/t;8-;/m.0./s1. The lowest BCUT2D eigenvalue weighted by Gasteiger charge is -2.08. The number of nitrogens with zero attached hydrogens (tertiary/aromatic N) is 6. The van der Waals surface area contributed by atoms with Crippen LogP contribution in [-0.4, -0.2) is 74.3 Å². The van der Waals surface area contributed by atoms with Crippen molar-refractivity contribution in [2.45, 2.75) is 65.6 Å². The second-order valence-electron chi connectivity index (χ2n) is 10.0. The van der Waals surface area contributed by atoms with E-state index in [1.807, 2.05) is 58.0 Å². The molecule has 2 atom stereocenters. The monoisotopic (exact) mass is 590 g/mol. The second-order valence-corrected chi connectivity index (χ2v) is 10.0. The Morgan fingerprint density at radius 1 is 0.884 bits per heavy atom. The van der Waals surface area contributed by atoms with Gasteiger partial charge in [-0.25, -0.2) is 0 Å². The Hall–Kier alpha value is -4.71. The minimum Gasteiger partial charge on any atom is -0.462 e. The summed E-state index contributed by atoms with van der Waals surface area (Å²) in [7, 11) is 0. The topological polar surface area (TPSA) is 161 Å². The second kappa shape index (κ2) is 17.3. The molecule has 2 aliphatic heterocycles. The molecule has 0 amide bonds. The van der Waals surface area contributed by atoms with Crippen molar-refractivity contribution in [2.75, 3.05) is 13.2 Å². The molecule has 2 N–H and O–H groups in total. The quantitative estimate of drug-likeness (QED) is 0.169. The number of aromatic nitrogens is 3. The van der Waals surface area contributed by atoms with Crippen molar-refractivity contribution in [3.8, 4) is 0 Å². The molecule has 5 rings (SSSR count). The van der Waals surface area contributed by atoms with Crippen LogP contribution in [0.5, 0.6) is 0 Å². The summed E-state index contributed by atoms with van der Waals surface area (Å²) in [6.45, 7) is 8.11. The number of rotatable bonds is 8. The van der Waals surface area contributed by atoms with E-state index in [1.165, 1.54) is 6.21 Å². The van der Waals surface area contributed by atoms with Crippen LogP contribution in [0.1, 0.15) is 66.4 Å². The van der Waals surface area contributed by atoms with Crippen molar-refractivity contribution in [1.82, 2.24) is 15.0 Å². The van der Waals surface area contributed by atoms with Crippen LogP contribution < -0.4 is 0 Å². The highest BCUT2D eigenvalue weighted by molar-refractivity contribution is 6.00. The average molecular weight is 591 g/mol. The summed E-state index contributed by atoms with van der Waals surface area (Å²) >= 11 is 0. The van der Waals surface area contributed by atoms with Gasteiger partial charge in [-0.05, 0) is 62.1 Å². The molecular formula is C31H38N6O6. The van der Waals surface area contributed by atoms with Gasteiger partial charge in [0.15, 0.2) is 12.2 Å². The summed E-state index contributed by atoms with van der Waals surface area (Å²) in [5.41, 5.74) is 7.23. The molecule has 0 radical (unpaired) electrons. The zero-order valence-corrected chi connectivity index (χ0v) is 24.9. The average Bonchev–Trinajstić information content (AvgIpc) is 3.70. The van der Waals surface area contributed by atoms with E-state index in [2.05, 4.69) is 30.4 Å². The lowest BCUT2D eigenvalue weighted by atomic mass is 10.1. The van der Waals surface area contributed by atoms with Gasteiger partial charge >= 0.3 is 5.97 Å². The third-order valence-electron chi connectivity index (χ3n) is 6.09. The number of carbonyl (C=O) groups is 1. The van der Waals surface area contributed by atoms with Crippen molar-refractivity contribution >= 4 is 23.6 Å². The number of ether oxygens (including phenoxy) is 1. The molecule has 0 bridgehead atoms. The fourth-order valence-corrected chi connectivity index (χ4v) is 3.70. The fourth-order valence-electron chi connectivity index (χ4n) is 3.70. The largest absolute Gasteiger partial charge is 0.462 e. The Morgan fingerprint density at radius 3 is 1.86 bits per heavy atom. The molecule has 12 nitrogen and oxygen atoms in total. The van der Waals surface area contributed by atoms with Gasteiger partial charge in [0.2, 0.25) is 0 Å². The van der Waals surface area contributed by atoms with Gasteiger partial charge in [0.05, 0.1) is 29.9 Å². The highest BCUT2D eigenvalue weighted by Gasteiger charge is 2.24. The lowest BCUT2D eigenvalue weighted by Crippen LogP contribution is -2.19. The number of aliphatic hydroxyl groups is 1. The van der Waals surface area contributed by atoms with Crippen LogP contribution in [-0.2, 0) is 19.2 Å². The van der Waals surface area contributed by atoms with Crippen LogP contribution in [0.15, 0.2) is 70.5 Å². The minimum absolute atomic E-state index is 0.00113. The van der Waals surface area contributed by atoms with Crippen LogP contribution in [0.2, 0.25) is 0 Å². The molecule has 43 heavy (non-hydrogen) atoms. The summed E-state index contributed by atoms with van der Waals surface area (Å²) in [6.07, 6.45) is 8.70. The van der Waals surface area contributed by atoms with E-state index < -0.39 is 0 Å². The number of hydrogen-bond donors (Lipinski definition) is 2. The zero-order chi connectivity index (χ0) is 31.0. The van der Waals surface area contributed by atoms with E-state index >= 15 is 0 Å². The number of oxime groups is 3. The molecule has 228 valence electrons. The van der Waals surface area contributed by atoms with Crippen molar-refractivity contribution in [2.24, 2.45) is 15.5 Å². The van der Waals surface area contributed by atoms with Crippen LogP contribution in [0.25, 0.3) is 0 Å². The smallest absolute Gasteiger partial charge is 0.305 e. The molecule has 0 saturated carbocycles. The Kier molecular flexibility index (Phi) is 13.2. The molecule has 0 aromatic carbocycles. The first-order chi connectivity index (χ1) is 20.8. The summed E-state index contributed by atoms with van der Waals surface area (Å²) < 4.78 is 5.11. The SMILES string of the molecule is CCCC(=O)OCC1CC(c2ccc(C)cn2)=NO1.Cc1ccc(/C=N/O)nc1.Cc1ccc(C2=NO[C@H](CO)C2)nc1. The van der Waals surface area contributed by atoms with E-state index in [0.29, 0.717) is 25.0 Å². The molecule has 3 aromatic rings. The summed E-state index contributed by atoms with van der Waals surface area (Å²) in [5.74, 6) is -0.187. The van der Waals surface area contributed by atoms with Crippen LogP contribution in [0.4, 0.5) is 0 Å². The van der Waals surface area contributed by atoms with Crippen molar-refractivity contribution in [3.63, 3.8) is 0 Å². The van der Waals surface area contributed by atoms with Gasteiger partial charge < -0.3 is 24.7 Å². The summed E-state index contributed by atoms with van der Waals surface area (Å²) in [5, 5.41) is 27.7. The molecular weight excluding hydrogens is 552 g/mol. The van der Waals surface area contributed by atoms with Gasteiger partial charge in [0.1, 0.15) is 18.0 Å². The zero-order valence-electron chi connectivity index (χ0n) is 24.9. The van der Waals surface area contributed by atoms with E-state index in [-0.39, 0.29) is 31.4 Å². The molecule has 0 saturated heterocycles. The maximum atomic E-state index is 11.3. The predicted molar refractivity (Wildman–Crippen MR) is 161 cm³/mol. The molecule has 0 spiro atoms. The van der Waals surface area contributed by atoms with Crippen LogP contribution >= 0.6 is 0 Å². The van der Waals surface area contributed by atoms with E-state index in [0.717, 1.165) is 45.9 Å². The summed E-state index contributed by atoms with van der Waals surface area (Å²) in [6, 6.07) is 11.5. The molecule has 0 aliphatic carbocycles. The number of aliphatic hydroxyl groups excluding tert-OH is 1. The molecule has 1 unspecified atom stereocenters. The van der Waals surface area contributed by atoms with Crippen molar-refractivity contribution in [3.05, 3.63) is 88.8 Å². The first-order valence-electron chi connectivity index (χ1n) is 14.0. The van der Waals surface area contributed by atoms with Gasteiger partial charge in [-0.1, -0.05) is 40.6 Å². The minimum atomic E-state index is -0.201. The Bertz CT molecular complexity index is 1380.